The molecule has 0 amide bonds. The monoisotopic (exact) mass is 334 g/mol. The molecule has 0 saturated heterocycles. The van der Waals surface area contributed by atoms with Gasteiger partial charge in [0.15, 0.2) is 0 Å². The molecule has 5 nitrogen and oxygen atoms in total. The Morgan fingerprint density at radius 2 is 1.96 bits per heavy atom. The van der Waals surface area contributed by atoms with Crippen molar-refractivity contribution >= 4 is 5.97 Å². The number of halogens is 2. The zero-order valence-corrected chi connectivity index (χ0v) is 13.4. The second-order valence-electron chi connectivity index (χ2n) is 5.16. The van der Waals surface area contributed by atoms with Crippen LogP contribution in [0.2, 0.25) is 0 Å². The van der Waals surface area contributed by atoms with Crippen LogP contribution in [0.25, 0.3) is 0 Å². The van der Waals surface area contributed by atoms with Crippen molar-refractivity contribution in [1.82, 2.24) is 5.32 Å². The molecule has 2 rings (SSSR count). The lowest BCUT2D eigenvalue weighted by atomic mass is 9.80. The van der Waals surface area contributed by atoms with Crippen LogP contribution >= 0.6 is 0 Å². The van der Waals surface area contributed by atoms with Gasteiger partial charge in [-0.15, -0.1) is 0 Å². The maximum absolute atomic E-state index is 12.7. The molecule has 0 radical (unpaired) electrons. The first-order chi connectivity index (χ1) is 11.4. The Balaban J connectivity index is 2.68. The van der Waals surface area contributed by atoms with E-state index in [0.717, 1.165) is 0 Å². The second-order valence-corrected chi connectivity index (χ2v) is 5.16. The molecule has 24 heavy (non-hydrogen) atoms. The largest absolute Gasteiger partial charge is 0.466 e. The van der Waals surface area contributed by atoms with Crippen LogP contribution in [0.3, 0.4) is 0 Å². The fourth-order valence-corrected chi connectivity index (χ4v) is 2.76. The Hall–Kier alpha value is -2.88. The summed E-state index contributed by atoms with van der Waals surface area (Å²) < 4.78 is 34.8. The Bertz CT molecular complexity index is 763. The number of hydrogen-bond acceptors (Lipinski definition) is 5. The number of dihydropyridines is 1. The van der Waals surface area contributed by atoms with Gasteiger partial charge in [-0.2, -0.15) is 14.0 Å². The number of benzene rings is 1. The van der Waals surface area contributed by atoms with Crippen LogP contribution in [0, 0.1) is 11.3 Å². The Morgan fingerprint density at radius 3 is 2.54 bits per heavy atom. The molecule has 0 saturated carbocycles. The molecule has 126 valence electrons. The van der Waals surface area contributed by atoms with Crippen molar-refractivity contribution in [2.24, 2.45) is 0 Å². The lowest BCUT2D eigenvalue weighted by Gasteiger charge is -2.29. The number of carbonyl (C=O) groups is 1. The predicted molar refractivity (Wildman–Crippen MR) is 82.0 cm³/mol. The van der Waals surface area contributed by atoms with E-state index in [0.29, 0.717) is 17.0 Å². The molecule has 1 aromatic rings. The number of nitrogens with one attached hydrogen (secondary N) is 1. The summed E-state index contributed by atoms with van der Waals surface area (Å²) in [4.78, 5) is 12.2. The van der Waals surface area contributed by atoms with Crippen LogP contribution in [0.15, 0.2) is 46.8 Å². The molecule has 1 N–H and O–H groups in total. The van der Waals surface area contributed by atoms with Crippen LogP contribution in [0.5, 0.6) is 5.75 Å². The molecule has 1 atom stereocenters. The highest BCUT2D eigenvalue weighted by atomic mass is 19.3. The standard InChI is InChI=1S/C17H16F2N2O3/c1-9-12(8-20)15(14(10(2)21-9)16(22)23-3)11-6-4-5-7-13(11)24-17(18)19/h4-7,15,17,21H,1-3H3. The summed E-state index contributed by atoms with van der Waals surface area (Å²) in [5.74, 6) is -1.58. The summed E-state index contributed by atoms with van der Waals surface area (Å²) in [6, 6.07) is 8.14. The number of para-hydroxylation sites is 1. The molecule has 1 aliphatic rings. The van der Waals surface area contributed by atoms with Crippen molar-refractivity contribution in [3.63, 3.8) is 0 Å². The number of ether oxygens (including phenoxy) is 2. The van der Waals surface area contributed by atoms with Gasteiger partial charge in [-0.25, -0.2) is 4.79 Å². The minimum Gasteiger partial charge on any atom is -0.466 e. The van der Waals surface area contributed by atoms with Crippen LogP contribution in [0.1, 0.15) is 25.3 Å². The third kappa shape index (κ3) is 3.23. The number of nitrogens with zero attached hydrogens (tertiary/aromatic N) is 1. The average molecular weight is 334 g/mol. The molecule has 1 aliphatic heterocycles. The maximum Gasteiger partial charge on any atom is 0.387 e. The summed E-state index contributed by atoms with van der Waals surface area (Å²) in [5.41, 5.74) is 1.76. The van der Waals surface area contributed by atoms with Crippen molar-refractivity contribution in [2.75, 3.05) is 7.11 Å². The van der Waals surface area contributed by atoms with Crippen molar-refractivity contribution < 1.29 is 23.0 Å². The van der Waals surface area contributed by atoms with Gasteiger partial charge in [0.2, 0.25) is 0 Å². The second kappa shape index (κ2) is 7.13. The van der Waals surface area contributed by atoms with Gasteiger partial charge in [0.25, 0.3) is 0 Å². The summed E-state index contributed by atoms with van der Waals surface area (Å²) in [5, 5.41) is 12.5. The van der Waals surface area contributed by atoms with E-state index in [1.54, 1.807) is 32.0 Å². The molecule has 1 heterocycles. The number of carbonyl (C=O) groups excluding carboxylic acids is 1. The average Bonchev–Trinajstić information content (AvgIpc) is 2.53. The summed E-state index contributed by atoms with van der Waals surface area (Å²) in [6.07, 6.45) is 0. The minimum absolute atomic E-state index is 0.0887. The molecular weight excluding hydrogens is 318 g/mol. The third-order valence-electron chi connectivity index (χ3n) is 3.73. The lowest BCUT2D eigenvalue weighted by Crippen LogP contribution is -2.28. The Labute approximate surface area is 138 Å². The number of methoxy groups -OCH3 is 1. The van der Waals surface area contributed by atoms with Crippen molar-refractivity contribution in [2.45, 2.75) is 26.4 Å². The van der Waals surface area contributed by atoms with Gasteiger partial charge in [-0.3, -0.25) is 0 Å². The first-order valence-electron chi connectivity index (χ1n) is 7.11. The van der Waals surface area contributed by atoms with Gasteiger partial charge in [-0.05, 0) is 19.9 Å². The molecule has 1 unspecified atom stereocenters. The van der Waals surface area contributed by atoms with Crippen LogP contribution < -0.4 is 10.1 Å². The SMILES string of the molecule is COC(=O)C1=C(C)NC(C)=C(C#N)C1c1ccccc1OC(F)F. The zero-order valence-electron chi connectivity index (χ0n) is 13.4. The van der Waals surface area contributed by atoms with Crippen LogP contribution in [-0.4, -0.2) is 19.7 Å². The summed E-state index contributed by atoms with van der Waals surface area (Å²) in [6.45, 7) is 0.322. The van der Waals surface area contributed by atoms with E-state index >= 15 is 0 Å². The van der Waals surface area contributed by atoms with Gasteiger partial charge < -0.3 is 14.8 Å². The number of nitriles is 1. The smallest absolute Gasteiger partial charge is 0.387 e. The third-order valence-corrected chi connectivity index (χ3v) is 3.73. The predicted octanol–water partition coefficient (Wildman–Crippen LogP) is 3.22. The van der Waals surface area contributed by atoms with Crippen molar-refractivity contribution in [1.29, 1.82) is 5.26 Å². The fraction of sp³-hybridized carbons (Fsp3) is 0.294. The van der Waals surface area contributed by atoms with Gasteiger partial charge >= 0.3 is 12.6 Å². The molecular formula is C17H16F2N2O3. The van der Waals surface area contributed by atoms with E-state index in [2.05, 4.69) is 10.1 Å². The van der Waals surface area contributed by atoms with Gasteiger partial charge in [-0.1, -0.05) is 18.2 Å². The van der Waals surface area contributed by atoms with Crippen molar-refractivity contribution in [3.8, 4) is 11.8 Å². The summed E-state index contributed by atoms with van der Waals surface area (Å²) >= 11 is 0. The fourth-order valence-electron chi connectivity index (χ4n) is 2.76. The van der Waals surface area contributed by atoms with E-state index < -0.39 is 18.5 Å². The van der Waals surface area contributed by atoms with E-state index in [9.17, 15) is 18.8 Å². The van der Waals surface area contributed by atoms with E-state index in [1.165, 1.54) is 13.2 Å². The topological polar surface area (TPSA) is 71.3 Å². The Kier molecular flexibility index (Phi) is 5.19. The molecule has 0 aliphatic carbocycles. The zero-order chi connectivity index (χ0) is 17.9. The number of alkyl halides is 2. The van der Waals surface area contributed by atoms with Gasteiger partial charge in [0.1, 0.15) is 5.75 Å². The molecule has 0 fully saturated rings. The molecule has 0 bridgehead atoms. The lowest BCUT2D eigenvalue weighted by molar-refractivity contribution is -0.136. The highest BCUT2D eigenvalue weighted by molar-refractivity contribution is 5.93. The molecule has 7 heteroatoms. The number of esters is 1. The van der Waals surface area contributed by atoms with Crippen LogP contribution in [-0.2, 0) is 9.53 Å². The van der Waals surface area contributed by atoms with E-state index in [4.69, 9.17) is 4.74 Å². The summed E-state index contributed by atoms with van der Waals surface area (Å²) in [7, 11) is 1.22. The van der Waals surface area contributed by atoms with Crippen molar-refractivity contribution in [3.05, 3.63) is 52.4 Å². The minimum atomic E-state index is -3.02. The molecule has 0 aromatic heterocycles. The number of hydrogen-bond donors (Lipinski definition) is 1. The van der Waals surface area contributed by atoms with E-state index in [-0.39, 0.29) is 16.9 Å². The van der Waals surface area contributed by atoms with Gasteiger partial charge in [0.05, 0.1) is 30.2 Å². The quantitative estimate of drug-likeness (QED) is 0.856. The first kappa shape index (κ1) is 17.5. The Morgan fingerprint density at radius 1 is 1.29 bits per heavy atom. The maximum atomic E-state index is 12.7. The van der Waals surface area contributed by atoms with E-state index in [1.807, 2.05) is 6.07 Å². The number of allylic oxidation sites excluding steroid dienone is 3. The number of rotatable bonds is 4. The molecule has 1 aromatic carbocycles. The molecule has 0 spiro atoms. The highest BCUT2D eigenvalue weighted by Crippen LogP contribution is 2.42. The van der Waals surface area contributed by atoms with Gasteiger partial charge in [0, 0.05) is 17.0 Å². The first-order valence-corrected chi connectivity index (χ1v) is 7.11. The highest BCUT2D eigenvalue weighted by Gasteiger charge is 2.35. The normalized spacial score (nSPS) is 17.5. The van der Waals surface area contributed by atoms with Crippen LogP contribution in [0.4, 0.5) is 8.78 Å².